The van der Waals surface area contributed by atoms with Crippen LogP contribution in [0.25, 0.3) is 6.08 Å². The van der Waals surface area contributed by atoms with Crippen molar-refractivity contribution in [2.75, 3.05) is 17.3 Å². The summed E-state index contributed by atoms with van der Waals surface area (Å²) in [5.41, 5.74) is 1.86. The Bertz CT molecular complexity index is 770. The Labute approximate surface area is 153 Å². The molecule has 1 aliphatic carbocycles. The van der Waals surface area contributed by atoms with E-state index in [0.717, 1.165) is 18.4 Å². The standard InChI is InChI=1S/C21H24FN3O/c1-25(18-7-3-2-4-8-18)20-11-10-17(14-19(20)22)24-21(26)12-9-16-6-5-13-23-15-16/h5-6,9-15,18H,2-4,7-8H2,1H3,(H,24,26)/b12-9+. The number of nitrogens with one attached hydrogen (secondary N) is 1. The van der Waals surface area contributed by atoms with Gasteiger partial charge in [0.1, 0.15) is 5.82 Å². The molecular weight excluding hydrogens is 329 g/mol. The molecule has 0 spiro atoms. The van der Waals surface area contributed by atoms with E-state index in [9.17, 15) is 9.18 Å². The number of rotatable bonds is 5. The molecule has 1 fully saturated rings. The van der Waals surface area contributed by atoms with Gasteiger partial charge in [0.2, 0.25) is 5.91 Å². The number of anilines is 2. The second kappa shape index (κ2) is 8.61. The summed E-state index contributed by atoms with van der Waals surface area (Å²) in [6.45, 7) is 0. The molecule has 1 aliphatic rings. The molecule has 1 aromatic heterocycles. The summed E-state index contributed by atoms with van der Waals surface area (Å²) in [4.78, 5) is 18.0. The van der Waals surface area contributed by atoms with Crippen LogP contribution in [0.5, 0.6) is 0 Å². The van der Waals surface area contributed by atoms with Crippen molar-refractivity contribution in [3.63, 3.8) is 0 Å². The fraction of sp³-hybridized carbons (Fsp3) is 0.333. The maximum atomic E-state index is 14.5. The zero-order valence-electron chi connectivity index (χ0n) is 15.0. The van der Waals surface area contributed by atoms with E-state index in [2.05, 4.69) is 10.3 Å². The van der Waals surface area contributed by atoms with Crippen molar-refractivity contribution in [2.24, 2.45) is 0 Å². The second-order valence-electron chi connectivity index (χ2n) is 6.68. The molecule has 5 heteroatoms. The topological polar surface area (TPSA) is 45.2 Å². The highest BCUT2D eigenvalue weighted by Gasteiger charge is 2.20. The van der Waals surface area contributed by atoms with Crippen molar-refractivity contribution >= 4 is 23.4 Å². The fourth-order valence-corrected chi connectivity index (χ4v) is 3.37. The minimum absolute atomic E-state index is 0.304. The fourth-order valence-electron chi connectivity index (χ4n) is 3.37. The Kier molecular flexibility index (Phi) is 6.00. The summed E-state index contributed by atoms with van der Waals surface area (Å²) in [6, 6.07) is 8.91. The van der Waals surface area contributed by atoms with Crippen LogP contribution in [0.4, 0.5) is 15.8 Å². The molecule has 136 valence electrons. The van der Waals surface area contributed by atoms with Gasteiger partial charge < -0.3 is 10.2 Å². The van der Waals surface area contributed by atoms with Gasteiger partial charge in [-0.15, -0.1) is 0 Å². The lowest BCUT2D eigenvalue weighted by Crippen LogP contribution is -2.33. The van der Waals surface area contributed by atoms with E-state index in [1.807, 2.05) is 18.0 Å². The molecular formula is C21H24FN3O. The SMILES string of the molecule is CN(c1ccc(NC(=O)/C=C/c2cccnc2)cc1F)C1CCCCC1. The number of carbonyl (C=O) groups is 1. The quantitative estimate of drug-likeness (QED) is 0.797. The number of pyridine rings is 1. The van der Waals surface area contributed by atoms with Crippen LogP contribution >= 0.6 is 0 Å². The highest BCUT2D eigenvalue weighted by atomic mass is 19.1. The minimum Gasteiger partial charge on any atom is -0.369 e. The summed E-state index contributed by atoms with van der Waals surface area (Å²) in [5.74, 6) is -0.617. The Morgan fingerprint density at radius 1 is 1.27 bits per heavy atom. The lowest BCUT2D eigenvalue weighted by atomic mass is 9.94. The third kappa shape index (κ3) is 4.69. The van der Waals surface area contributed by atoms with Crippen LogP contribution in [-0.4, -0.2) is 24.0 Å². The largest absolute Gasteiger partial charge is 0.369 e. The van der Waals surface area contributed by atoms with E-state index in [4.69, 9.17) is 0 Å². The summed E-state index contributed by atoms with van der Waals surface area (Å²) in [5, 5.41) is 2.69. The molecule has 1 saturated carbocycles. The maximum absolute atomic E-state index is 14.5. The highest BCUT2D eigenvalue weighted by Crippen LogP contribution is 2.29. The number of hydrogen-bond acceptors (Lipinski definition) is 3. The van der Waals surface area contributed by atoms with Crippen molar-refractivity contribution in [2.45, 2.75) is 38.1 Å². The third-order valence-electron chi connectivity index (χ3n) is 4.83. The van der Waals surface area contributed by atoms with Crippen LogP contribution in [0.3, 0.4) is 0 Å². The van der Waals surface area contributed by atoms with Crippen LogP contribution in [0.15, 0.2) is 48.8 Å². The summed E-state index contributed by atoms with van der Waals surface area (Å²) < 4.78 is 14.5. The monoisotopic (exact) mass is 353 g/mol. The average molecular weight is 353 g/mol. The second-order valence-corrected chi connectivity index (χ2v) is 6.68. The predicted molar refractivity (Wildman–Crippen MR) is 104 cm³/mol. The van der Waals surface area contributed by atoms with Gasteiger partial charge in [-0.3, -0.25) is 9.78 Å². The van der Waals surface area contributed by atoms with Gasteiger partial charge >= 0.3 is 0 Å². The Morgan fingerprint density at radius 3 is 2.77 bits per heavy atom. The normalized spacial score (nSPS) is 15.2. The first-order valence-corrected chi connectivity index (χ1v) is 9.05. The van der Waals surface area contributed by atoms with Gasteiger partial charge in [-0.05, 0) is 48.7 Å². The molecule has 0 atom stereocenters. The Balaban J connectivity index is 1.63. The van der Waals surface area contributed by atoms with Crippen LogP contribution in [-0.2, 0) is 4.79 Å². The predicted octanol–water partition coefficient (Wildman–Crippen LogP) is 4.64. The minimum atomic E-state index is -0.313. The van der Waals surface area contributed by atoms with Crippen molar-refractivity contribution in [1.29, 1.82) is 0 Å². The molecule has 3 rings (SSSR count). The van der Waals surface area contributed by atoms with Gasteiger partial charge in [0.05, 0.1) is 5.69 Å². The first-order valence-electron chi connectivity index (χ1n) is 9.05. The van der Waals surface area contributed by atoms with Gasteiger partial charge in [0.25, 0.3) is 0 Å². The van der Waals surface area contributed by atoms with E-state index in [1.165, 1.54) is 31.4 Å². The lowest BCUT2D eigenvalue weighted by molar-refractivity contribution is -0.111. The smallest absolute Gasteiger partial charge is 0.248 e. The Morgan fingerprint density at radius 2 is 2.08 bits per heavy atom. The van der Waals surface area contributed by atoms with Crippen molar-refractivity contribution in [1.82, 2.24) is 4.98 Å². The van der Waals surface area contributed by atoms with Crippen molar-refractivity contribution in [3.05, 3.63) is 60.2 Å². The highest BCUT2D eigenvalue weighted by molar-refractivity contribution is 6.02. The first-order chi connectivity index (χ1) is 12.6. The third-order valence-corrected chi connectivity index (χ3v) is 4.83. The van der Waals surface area contributed by atoms with Crippen LogP contribution < -0.4 is 10.2 Å². The molecule has 0 unspecified atom stereocenters. The van der Waals surface area contributed by atoms with Gasteiger partial charge in [-0.1, -0.05) is 25.3 Å². The van der Waals surface area contributed by atoms with E-state index < -0.39 is 0 Å². The number of nitrogens with zero attached hydrogens (tertiary/aromatic N) is 2. The van der Waals surface area contributed by atoms with Crippen LogP contribution in [0.2, 0.25) is 0 Å². The number of amides is 1. The first kappa shape index (κ1) is 18.1. The summed E-state index contributed by atoms with van der Waals surface area (Å²) in [7, 11) is 1.95. The zero-order chi connectivity index (χ0) is 18.4. The van der Waals surface area contributed by atoms with E-state index in [-0.39, 0.29) is 11.7 Å². The van der Waals surface area contributed by atoms with Gasteiger partial charge in [-0.2, -0.15) is 0 Å². The molecule has 1 heterocycles. The van der Waals surface area contributed by atoms with E-state index in [1.54, 1.807) is 36.7 Å². The van der Waals surface area contributed by atoms with Crippen molar-refractivity contribution in [3.8, 4) is 0 Å². The molecule has 1 aromatic carbocycles. The average Bonchev–Trinajstić information content (AvgIpc) is 2.67. The molecule has 4 nitrogen and oxygen atoms in total. The van der Waals surface area contributed by atoms with Gasteiger partial charge in [0, 0.05) is 37.2 Å². The summed E-state index contributed by atoms with van der Waals surface area (Å²) in [6.07, 6.45) is 12.3. The van der Waals surface area contributed by atoms with Crippen LogP contribution in [0, 0.1) is 5.82 Å². The Hall–Kier alpha value is -2.69. The molecule has 1 amide bonds. The van der Waals surface area contributed by atoms with E-state index in [0.29, 0.717) is 17.4 Å². The number of hydrogen-bond donors (Lipinski definition) is 1. The van der Waals surface area contributed by atoms with Gasteiger partial charge in [0.15, 0.2) is 0 Å². The summed E-state index contributed by atoms with van der Waals surface area (Å²) >= 11 is 0. The number of aromatic nitrogens is 1. The van der Waals surface area contributed by atoms with E-state index >= 15 is 0 Å². The molecule has 1 N–H and O–H groups in total. The molecule has 0 radical (unpaired) electrons. The molecule has 2 aromatic rings. The number of halogens is 1. The molecule has 26 heavy (non-hydrogen) atoms. The maximum Gasteiger partial charge on any atom is 0.248 e. The molecule has 0 bridgehead atoms. The van der Waals surface area contributed by atoms with Crippen LogP contribution in [0.1, 0.15) is 37.7 Å². The molecule has 0 saturated heterocycles. The number of benzene rings is 1. The van der Waals surface area contributed by atoms with Gasteiger partial charge in [-0.25, -0.2) is 4.39 Å². The molecule has 0 aliphatic heterocycles. The zero-order valence-corrected chi connectivity index (χ0v) is 15.0. The lowest BCUT2D eigenvalue weighted by Gasteiger charge is -2.33. The van der Waals surface area contributed by atoms with Crippen molar-refractivity contribution < 1.29 is 9.18 Å². The number of carbonyl (C=O) groups excluding carboxylic acids is 1.